The monoisotopic (exact) mass is 481 g/mol. The molecule has 162 valence electrons. The molecule has 0 aromatic heterocycles. The predicted molar refractivity (Wildman–Crippen MR) is 135 cm³/mol. The van der Waals surface area contributed by atoms with Crippen molar-refractivity contribution in [3.8, 4) is 11.5 Å². The van der Waals surface area contributed by atoms with Gasteiger partial charge in [-0.2, -0.15) is 0 Å². The highest BCUT2D eigenvalue weighted by Crippen LogP contribution is 2.39. The summed E-state index contributed by atoms with van der Waals surface area (Å²) >= 11 is 9.19. The number of nitrogens with zero attached hydrogens (tertiary/aromatic N) is 1. The molecule has 0 spiro atoms. The van der Waals surface area contributed by atoms with Crippen LogP contribution in [0.4, 0.5) is 0 Å². The van der Waals surface area contributed by atoms with Gasteiger partial charge in [-0.3, -0.25) is 4.79 Å². The maximum atomic E-state index is 12.4. The molecule has 4 rings (SSSR count). The third-order valence-electron chi connectivity index (χ3n) is 4.59. The van der Waals surface area contributed by atoms with Gasteiger partial charge >= 0.3 is 0 Å². The molecule has 32 heavy (non-hydrogen) atoms. The van der Waals surface area contributed by atoms with Crippen molar-refractivity contribution in [2.75, 3.05) is 7.11 Å². The fourth-order valence-electron chi connectivity index (χ4n) is 3.02. The van der Waals surface area contributed by atoms with Crippen molar-refractivity contribution in [3.63, 3.8) is 0 Å². The van der Waals surface area contributed by atoms with Gasteiger partial charge in [0.05, 0.1) is 12.1 Å². The number of benzene rings is 3. The van der Waals surface area contributed by atoms with Gasteiger partial charge in [0.2, 0.25) is 5.12 Å². The molecule has 0 saturated carbocycles. The predicted octanol–water partition coefficient (Wildman–Crippen LogP) is 6.83. The number of methoxy groups -OCH3 is 1. The molecule has 3 aromatic carbocycles. The van der Waals surface area contributed by atoms with E-state index in [1.807, 2.05) is 48.5 Å². The van der Waals surface area contributed by atoms with Gasteiger partial charge in [-0.25, -0.2) is 4.99 Å². The molecule has 3 aromatic rings. The number of halogens is 1. The van der Waals surface area contributed by atoms with Crippen LogP contribution in [-0.4, -0.2) is 16.6 Å². The van der Waals surface area contributed by atoms with E-state index in [0.717, 1.165) is 33.0 Å². The molecule has 1 aliphatic rings. The number of carbonyl (C=O) groups excluding carboxylic acids is 1. The maximum Gasteiger partial charge on any atom is 0.244 e. The van der Waals surface area contributed by atoms with Crippen LogP contribution in [0.2, 0.25) is 5.02 Å². The molecular weight excluding hydrogens is 462 g/mol. The summed E-state index contributed by atoms with van der Waals surface area (Å²) in [6.45, 7) is 0.374. The maximum absolute atomic E-state index is 12.4. The van der Waals surface area contributed by atoms with Gasteiger partial charge in [-0.05, 0) is 46.7 Å². The number of carbonyl (C=O) groups is 1. The SMILES string of the molecule is COc1cc(/C=C2\N=C(SCc3ccccc3)SC2=O)cc(Cl)c1OCc1ccccc1. The molecule has 0 atom stereocenters. The minimum absolute atomic E-state index is 0.0833. The molecule has 7 heteroatoms. The van der Waals surface area contributed by atoms with Crippen molar-refractivity contribution in [1.82, 2.24) is 0 Å². The second-order valence-corrected chi connectivity index (χ2v) is 9.47. The van der Waals surface area contributed by atoms with E-state index in [2.05, 4.69) is 17.1 Å². The van der Waals surface area contributed by atoms with Crippen molar-refractivity contribution >= 4 is 50.7 Å². The highest BCUT2D eigenvalue weighted by atomic mass is 35.5. The average Bonchev–Trinajstić information content (AvgIpc) is 3.17. The van der Waals surface area contributed by atoms with Gasteiger partial charge in [0.25, 0.3) is 0 Å². The van der Waals surface area contributed by atoms with Gasteiger partial charge in [0.1, 0.15) is 16.7 Å². The second-order valence-electron chi connectivity index (χ2n) is 6.88. The third-order valence-corrected chi connectivity index (χ3v) is 6.95. The van der Waals surface area contributed by atoms with Crippen LogP contribution in [0.5, 0.6) is 11.5 Å². The van der Waals surface area contributed by atoms with E-state index in [0.29, 0.717) is 28.8 Å². The standard InChI is InChI=1S/C25H20ClNO3S2/c1-29-22-14-19(12-20(26)23(22)30-15-17-8-4-2-5-9-17)13-21-24(28)32-25(27-21)31-16-18-10-6-3-7-11-18/h2-14H,15-16H2,1H3/b21-13-. The van der Waals surface area contributed by atoms with Crippen LogP contribution >= 0.6 is 35.1 Å². The molecular formula is C25H20ClNO3S2. The lowest BCUT2D eigenvalue weighted by molar-refractivity contribution is -0.107. The molecule has 0 N–H and O–H groups in total. The molecule has 0 aliphatic carbocycles. The summed E-state index contributed by atoms with van der Waals surface area (Å²) < 4.78 is 12.1. The molecule has 4 nitrogen and oxygen atoms in total. The Kier molecular flexibility index (Phi) is 7.58. The number of hydrogen-bond donors (Lipinski definition) is 0. The van der Waals surface area contributed by atoms with Gasteiger partial charge in [0, 0.05) is 5.75 Å². The first-order chi connectivity index (χ1) is 15.6. The van der Waals surface area contributed by atoms with Crippen LogP contribution < -0.4 is 9.47 Å². The number of rotatable bonds is 7. The zero-order valence-electron chi connectivity index (χ0n) is 17.3. The van der Waals surface area contributed by atoms with E-state index in [4.69, 9.17) is 21.1 Å². The average molecular weight is 482 g/mol. The van der Waals surface area contributed by atoms with Crippen LogP contribution in [0.3, 0.4) is 0 Å². The Morgan fingerprint density at radius 3 is 2.41 bits per heavy atom. The van der Waals surface area contributed by atoms with E-state index in [1.165, 1.54) is 5.56 Å². The smallest absolute Gasteiger partial charge is 0.244 e. The fourth-order valence-corrected chi connectivity index (χ4v) is 5.09. The van der Waals surface area contributed by atoms with Crippen molar-refractivity contribution in [1.29, 1.82) is 0 Å². The van der Waals surface area contributed by atoms with Crippen LogP contribution in [0.25, 0.3) is 6.08 Å². The number of ether oxygens (including phenoxy) is 2. The zero-order valence-corrected chi connectivity index (χ0v) is 19.7. The quantitative estimate of drug-likeness (QED) is 0.346. The Bertz CT molecular complexity index is 1160. The summed E-state index contributed by atoms with van der Waals surface area (Å²) in [6, 6.07) is 23.5. The zero-order chi connectivity index (χ0) is 22.3. The summed E-state index contributed by atoms with van der Waals surface area (Å²) in [5, 5.41) is 0.327. The molecule has 0 bridgehead atoms. The number of aliphatic imine (C=N–C) groups is 1. The van der Waals surface area contributed by atoms with Crippen LogP contribution in [0.1, 0.15) is 16.7 Å². The highest BCUT2D eigenvalue weighted by molar-refractivity contribution is 8.45. The Morgan fingerprint density at radius 1 is 1.03 bits per heavy atom. The van der Waals surface area contributed by atoms with Crippen LogP contribution in [0, 0.1) is 0 Å². The number of thioether (sulfide) groups is 2. The molecule has 0 fully saturated rings. The first-order valence-electron chi connectivity index (χ1n) is 9.86. The minimum atomic E-state index is -0.0833. The van der Waals surface area contributed by atoms with Crippen molar-refractivity contribution in [3.05, 3.63) is 100 Å². The lowest BCUT2D eigenvalue weighted by atomic mass is 10.1. The highest BCUT2D eigenvalue weighted by Gasteiger charge is 2.23. The van der Waals surface area contributed by atoms with E-state index in [1.54, 1.807) is 37.1 Å². The molecule has 0 amide bonds. The van der Waals surface area contributed by atoms with Gasteiger partial charge in [-0.1, -0.05) is 84.0 Å². The van der Waals surface area contributed by atoms with Gasteiger partial charge < -0.3 is 9.47 Å². The summed E-state index contributed by atoms with van der Waals surface area (Å²) in [4.78, 5) is 16.9. The second kappa shape index (κ2) is 10.8. The Morgan fingerprint density at radius 2 is 1.72 bits per heavy atom. The van der Waals surface area contributed by atoms with Gasteiger partial charge in [0.15, 0.2) is 11.5 Å². The first kappa shape index (κ1) is 22.5. The van der Waals surface area contributed by atoms with Crippen molar-refractivity contribution in [2.45, 2.75) is 12.4 Å². The van der Waals surface area contributed by atoms with Gasteiger partial charge in [-0.15, -0.1) is 0 Å². The summed E-state index contributed by atoms with van der Waals surface area (Å²) in [6.07, 6.45) is 1.72. The third kappa shape index (κ3) is 5.76. The molecule has 1 aliphatic heterocycles. The fraction of sp³-hybridized carbons (Fsp3) is 0.120. The first-order valence-corrected chi connectivity index (χ1v) is 12.0. The molecule has 0 unspecified atom stereocenters. The molecule has 1 heterocycles. The topological polar surface area (TPSA) is 47.9 Å². The normalized spacial score (nSPS) is 14.5. The largest absolute Gasteiger partial charge is 0.493 e. The minimum Gasteiger partial charge on any atom is -0.493 e. The Hall–Kier alpha value is -2.67. The van der Waals surface area contributed by atoms with Crippen LogP contribution in [0.15, 0.2) is 83.5 Å². The Labute approximate surface area is 200 Å². The molecule has 0 radical (unpaired) electrons. The lowest BCUT2D eigenvalue weighted by Gasteiger charge is -2.13. The van der Waals surface area contributed by atoms with Crippen molar-refractivity contribution < 1.29 is 14.3 Å². The summed E-state index contributed by atoms with van der Waals surface area (Å²) in [5.74, 6) is 1.73. The van der Waals surface area contributed by atoms with E-state index < -0.39 is 0 Å². The van der Waals surface area contributed by atoms with Crippen molar-refractivity contribution in [2.24, 2.45) is 4.99 Å². The van der Waals surface area contributed by atoms with E-state index in [-0.39, 0.29) is 5.12 Å². The summed E-state index contributed by atoms with van der Waals surface area (Å²) in [5.41, 5.74) is 3.33. The lowest BCUT2D eigenvalue weighted by Crippen LogP contribution is -1.99. The molecule has 0 saturated heterocycles. The summed E-state index contributed by atoms with van der Waals surface area (Å²) in [7, 11) is 1.56. The van der Waals surface area contributed by atoms with Crippen LogP contribution in [-0.2, 0) is 17.2 Å². The van der Waals surface area contributed by atoms with E-state index in [9.17, 15) is 4.79 Å². The number of hydrogen-bond acceptors (Lipinski definition) is 6. The van der Waals surface area contributed by atoms with E-state index >= 15 is 0 Å². The Balaban J connectivity index is 1.49.